The molecule has 0 saturated heterocycles. The van der Waals surface area contributed by atoms with Crippen LogP contribution >= 0.6 is 0 Å². The molecule has 0 unspecified atom stereocenters. The Morgan fingerprint density at radius 1 is 1.28 bits per heavy atom. The van der Waals surface area contributed by atoms with E-state index in [1.165, 1.54) is 6.07 Å². The van der Waals surface area contributed by atoms with Gasteiger partial charge >= 0.3 is 5.63 Å². The first-order chi connectivity index (χ1) is 8.47. The van der Waals surface area contributed by atoms with Crippen molar-refractivity contribution in [3.63, 3.8) is 0 Å². The van der Waals surface area contributed by atoms with Crippen molar-refractivity contribution in [1.29, 1.82) is 0 Å². The van der Waals surface area contributed by atoms with Crippen molar-refractivity contribution in [1.82, 2.24) is 0 Å². The summed E-state index contributed by atoms with van der Waals surface area (Å²) in [6.07, 6.45) is -0.201. The molecule has 0 spiro atoms. The predicted octanol–water partition coefficient (Wildman–Crippen LogP) is 1.87. The molecular weight excluding hydrogens is 232 g/mol. The quantitative estimate of drug-likeness (QED) is 0.721. The molecule has 3 rings (SSSR count). The van der Waals surface area contributed by atoms with Gasteiger partial charge in [-0.2, -0.15) is 0 Å². The van der Waals surface area contributed by atoms with Crippen molar-refractivity contribution in [3.05, 3.63) is 40.2 Å². The molecule has 1 aliphatic heterocycles. The van der Waals surface area contributed by atoms with Crippen molar-refractivity contribution in [2.45, 2.75) is 32.0 Å². The van der Waals surface area contributed by atoms with E-state index in [2.05, 4.69) is 0 Å². The minimum Gasteiger partial charge on any atom is -0.485 e. The Labute approximate surface area is 104 Å². The monoisotopic (exact) mass is 246 g/mol. The van der Waals surface area contributed by atoms with Crippen molar-refractivity contribution in [2.75, 3.05) is 0 Å². The summed E-state index contributed by atoms with van der Waals surface area (Å²) in [5, 5.41) is 10.9. The fraction of sp³-hybridized carbons (Fsp3) is 0.357. The maximum Gasteiger partial charge on any atom is 0.336 e. The van der Waals surface area contributed by atoms with Gasteiger partial charge in [-0.1, -0.05) is 0 Å². The van der Waals surface area contributed by atoms with Gasteiger partial charge in [0.25, 0.3) is 0 Å². The molecule has 2 aromatic rings. The average molecular weight is 246 g/mol. The molecule has 18 heavy (non-hydrogen) atoms. The third kappa shape index (κ3) is 1.61. The van der Waals surface area contributed by atoms with Gasteiger partial charge in [0, 0.05) is 23.4 Å². The van der Waals surface area contributed by atoms with Gasteiger partial charge in [0.05, 0.1) is 6.10 Å². The molecule has 0 fully saturated rings. The molecular formula is C14H14O4. The summed E-state index contributed by atoms with van der Waals surface area (Å²) < 4.78 is 11.0. The second kappa shape index (κ2) is 3.59. The summed E-state index contributed by atoms with van der Waals surface area (Å²) in [6.45, 7) is 3.68. The Kier molecular flexibility index (Phi) is 2.25. The summed E-state index contributed by atoms with van der Waals surface area (Å²) in [5.41, 5.74) is 0.247. The van der Waals surface area contributed by atoms with Gasteiger partial charge in [-0.05, 0) is 32.0 Å². The lowest BCUT2D eigenvalue weighted by Gasteiger charge is -2.37. The highest BCUT2D eigenvalue weighted by atomic mass is 16.5. The van der Waals surface area contributed by atoms with Crippen LogP contribution in [0.15, 0.2) is 33.5 Å². The molecule has 1 aliphatic rings. The molecule has 4 heteroatoms. The molecule has 0 aliphatic carbocycles. The Hall–Kier alpha value is -1.81. The van der Waals surface area contributed by atoms with E-state index >= 15 is 0 Å². The SMILES string of the molecule is CC1(C)Oc2ccc3ccc(=O)oc3c2C[C@@H]1O. The normalized spacial score (nSPS) is 21.4. The van der Waals surface area contributed by atoms with Gasteiger partial charge in [0.1, 0.15) is 16.9 Å². The lowest BCUT2D eigenvalue weighted by molar-refractivity contribution is -0.0409. The molecule has 1 aromatic heterocycles. The van der Waals surface area contributed by atoms with Gasteiger partial charge in [-0.15, -0.1) is 0 Å². The summed E-state index contributed by atoms with van der Waals surface area (Å²) >= 11 is 0. The highest BCUT2D eigenvalue weighted by molar-refractivity contribution is 5.82. The largest absolute Gasteiger partial charge is 0.485 e. The van der Waals surface area contributed by atoms with Crippen LogP contribution < -0.4 is 10.4 Å². The zero-order valence-corrected chi connectivity index (χ0v) is 10.3. The van der Waals surface area contributed by atoms with Crippen LogP contribution in [0.5, 0.6) is 5.75 Å². The Bertz CT molecular complexity index is 669. The number of hydrogen-bond donors (Lipinski definition) is 1. The third-order valence-electron chi connectivity index (χ3n) is 3.42. The highest BCUT2D eigenvalue weighted by Crippen LogP contribution is 2.37. The topological polar surface area (TPSA) is 59.7 Å². The Morgan fingerprint density at radius 2 is 2.00 bits per heavy atom. The molecule has 1 N–H and O–H groups in total. The van der Waals surface area contributed by atoms with Crippen LogP contribution in [0.4, 0.5) is 0 Å². The first kappa shape index (κ1) is 11.3. The smallest absolute Gasteiger partial charge is 0.336 e. The minimum atomic E-state index is -0.629. The first-order valence-corrected chi connectivity index (χ1v) is 5.90. The second-order valence-corrected chi connectivity index (χ2v) is 5.14. The average Bonchev–Trinajstić information content (AvgIpc) is 2.30. The van der Waals surface area contributed by atoms with Crippen LogP contribution in [0.1, 0.15) is 19.4 Å². The predicted molar refractivity (Wildman–Crippen MR) is 66.9 cm³/mol. The maximum atomic E-state index is 11.3. The highest BCUT2D eigenvalue weighted by Gasteiger charge is 2.36. The molecule has 94 valence electrons. The van der Waals surface area contributed by atoms with Gasteiger partial charge in [0.2, 0.25) is 0 Å². The van der Waals surface area contributed by atoms with E-state index in [4.69, 9.17) is 9.15 Å². The van der Waals surface area contributed by atoms with E-state index in [1.54, 1.807) is 6.07 Å². The number of fused-ring (bicyclic) bond motifs is 3. The van der Waals surface area contributed by atoms with Gasteiger partial charge in [-0.3, -0.25) is 0 Å². The van der Waals surface area contributed by atoms with Crippen LogP contribution in [0, 0.1) is 0 Å². The minimum absolute atomic E-state index is 0.393. The standard InChI is InChI=1S/C14H14O4/c1-14(2)11(15)7-9-10(18-14)5-3-8-4-6-12(16)17-13(8)9/h3-6,11,15H,7H2,1-2H3/t11-/m0/s1. The molecule has 2 heterocycles. The van der Waals surface area contributed by atoms with E-state index in [1.807, 2.05) is 26.0 Å². The third-order valence-corrected chi connectivity index (χ3v) is 3.42. The van der Waals surface area contributed by atoms with Crippen molar-refractivity contribution < 1.29 is 14.3 Å². The zero-order chi connectivity index (χ0) is 12.9. The number of hydrogen-bond acceptors (Lipinski definition) is 4. The van der Waals surface area contributed by atoms with Crippen LogP contribution in [-0.2, 0) is 6.42 Å². The van der Waals surface area contributed by atoms with Gasteiger partial charge < -0.3 is 14.3 Å². The second-order valence-electron chi connectivity index (χ2n) is 5.14. The molecule has 1 atom stereocenters. The fourth-order valence-electron chi connectivity index (χ4n) is 2.25. The maximum absolute atomic E-state index is 11.3. The Balaban J connectivity index is 2.27. The molecule has 0 radical (unpaired) electrons. The van der Waals surface area contributed by atoms with Crippen LogP contribution in [0.25, 0.3) is 11.0 Å². The fourth-order valence-corrected chi connectivity index (χ4v) is 2.25. The summed E-state index contributed by atoms with van der Waals surface area (Å²) in [4.78, 5) is 11.3. The van der Waals surface area contributed by atoms with E-state index in [0.29, 0.717) is 17.8 Å². The number of aliphatic hydroxyl groups is 1. The van der Waals surface area contributed by atoms with Crippen molar-refractivity contribution in [2.24, 2.45) is 0 Å². The molecule has 0 bridgehead atoms. The lowest BCUT2D eigenvalue weighted by Crippen LogP contribution is -2.46. The van der Waals surface area contributed by atoms with E-state index in [9.17, 15) is 9.90 Å². The lowest BCUT2D eigenvalue weighted by atomic mass is 9.90. The molecule has 0 saturated carbocycles. The molecule has 1 aromatic carbocycles. The number of benzene rings is 1. The zero-order valence-electron chi connectivity index (χ0n) is 10.3. The van der Waals surface area contributed by atoms with E-state index < -0.39 is 17.3 Å². The summed E-state index contributed by atoms with van der Waals surface area (Å²) in [6, 6.07) is 6.81. The molecule has 4 nitrogen and oxygen atoms in total. The molecule has 0 amide bonds. The van der Waals surface area contributed by atoms with Crippen LogP contribution in [0.3, 0.4) is 0 Å². The van der Waals surface area contributed by atoms with Crippen LogP contribution in [-0.4, -0.2) is 16.8 Å². The number of aliphatic hydroxyl groups excluding tert-OH is 1. The van der Waals surface area contributed by atoms with Gasteiger partial charge in [0.15, 0.2) is 0 Å². The van der Waals surface area contributed by atoms with Crippen LogP contribution in [0.2, 0.25) is 0 Å². The summed E-state index contributed by atoms with van der Waals surface area (Å²) in [5.74, 6) is 0.673. The number of rotatable bonds is 0. The van der Waals surface area contributed by atoms with Crippen molar-refractivity contribution in [3.8, 4) is 5.75 Å². The Morgan fingerprint density at radius 3 is 2.78 bits per heavy atom. The van der Waals surface area contributed by atoms with Crippen molar-refractivity contribution >= 4 is 11.0 Å². The number of ether oxygens (including phenoxy) is 1. The summed E-state index contributed by atoms with van der Waals surface area (Å²) in [7, 11) is 0. The first-order valence-electron chi connectivity index (χ1n) is 5.90. The van der Waals surface area contributed by atoms with Gasteiger partial charge in [-0.25, -0.2) is 4.79 Å². The van der Waals surface area contributed by atoms with E-state index in [-0.39, 0.29) is 0 Å². The van der Waals surface area contributed by atoms with E-state index in [0.717, 1.165) is 10.9 Å².